The third-order valence-electron chi connectivity index (χ3n) is 4.41. The zero-order valence-electron chi connectivity index (χ0n) is 13.2. The Balaban J connectivity index is 1.90. The fraction of sp³-hybridized carbons (Fsp3) is 0.182. The fourth-order valence-corrected chi connectivity index (χ4v) is 2.88. The molecule has 3 aromatic rings. The van der Waals surface area contributed by atoms with Crippen molar-refractivity contribution in [3.05, 3.63) is 107 Å². The second-order valence-electron chi connectivity index (χ2n) is 5.84. The minimum absolute atomic E-state index is 0.365. The zero-order chi connectivity index (χ0) is 15.4. The molecule has 0 nitrogen and oxygen atoms in total. The van der Waals surface area contributed by atoms with Gasteiger partial charge in [-0.2, -0.15) is 0 Å². The predicted octanol–water partition coefficient (Wildman–Crippen LogP) is 5.79. The molecule has 0 aromatic heterocycles. The van der Waals surface area contributed by atoms with Gasteiger partial charge in [0.2, 0.25) is 0 Å². The maximum atomic E-state index is 3.41. The molecule has 0 bridgehead atoms. The average Bonchev–Trinajstić information content (AvgIpc) is 2.62. The maximum Gasteiger partial charge on any atom is 0.00672 e. The minimum Gasteiger partial charge on any atom is -0.0622 e. The Morgan fingerprint density at radius 1 is 0.636 bits per heavy atom. The summed E-state index contributed by atoms with van der Waals surface area (Å²) in [6.45, 7) is 4.51. The van der Waals surface area contributed by atoms with Crippen LogP contribution in [0, 0.1) is 6.07 Å². The first-order valence-corrected chi connectivity index (χ1v) is 7.87. The summed E-state index contributed by atoms with van der Waals surface area (Å²) in [6.07, 6.45) is 0. The van der Waals surface area contributed by atoms with Gasteiger partial charge >= 0.3 is 0 Å². The Bertz CT molecular complexity index is 653. The highest BCUT2D eigenvalue weighted by Gasteiger charge is 2.12. The normalized spacial score (nSPS) is 13.5. The van der Waals surface area contributed by atoms with Crippen LogP contribution in [0.1, 0.15) is 47.9 Å². The molecule has 22 heavy (non-hydrogen) atoms. The van der Waals surface area contributed by atoms with Crippen molar-refractivity contribution in [2.24, 2.45) is 0 Å². The van der Waals surface area contributed by atoms with Gasteiger partial charge in [-0.3, -0.25) is 0 Å². The Hall–Kier alpha value is -2.34. The SMILES string of the molecule is CC(c1[c]ccc(C(C)c2ccccc2)c1)c1ccccc1. The third kappa shape index (κ3) is 3.12. The lowest BCUT2D eigenvalue weighted by atomic mass is 9.87. The second-order valence-corrected chi connectivity index (χ2v) is 5.84. The van der Waals surface area contributed by atoms with Gasteiger partial charge in [0.25, 0.3) is 0 Å². The van der Waals surface area contributed by atoms with Crippen LogP contribution in [0.5, 0.6) is 0 Å². The number of hydrogen-bond acceptors (Lipinski definition) is 0. The molecule has 0 heteroatoms. The van der Waals surface area contributed by atoms with Crippen LogP contribution in [0.25, 0.3) is 0 Å². The molecule has 2 unspecified atom stereocenters. The molecule has 3 aromatic carbocycles. The van der Waals surface area contributed by atoms with Gasteiger partial charge in [0.15, 0.2) is 0 Å². The molecule has 3 rings (SSSR count). The van der Waals surface area contributed by atoms with Crippen molar-refractivity contribution in [1.82, 2.24) is 0 Å². The van der Waals surface area contributed by atoms with Crippen molar-refractivity contribution in [2.75, 3.05) is 0 Å². The average molecular weight is 285 g/mol. The molecule has 0 amide bonds. The first kappa shape index (κ1) is 14.6. The second kappa shape index (κ2) is 6.62. The van der Waals surface area contributed by atoms with E-state index in [0.717, 1.165) is 0 Å². The van der Waals surface area contributed by atoms with E-state index in [1.54, 1.807) is 0 Å². The van der Waals surface area contributed by atoms with E-state index in [0.29, 0.717) is 11.8 Å². The van der Waals surface area contributed by atoms with Crippen LogP contribution in [-0.4, -0.2) is 0 Å². The molecule has 0 heterocycles. The van der Waals surface area contributed by atoms with E-state index >= 15 is 0 Å². The van der Waals surface area contributed by atoms with Gasteiger partial charge in [0.05, 0.1) is 0 Å². The van der Waals surface area contributed by atoms with Crippen LogP contribution in [0.4, 0.5) is 0 Å². The Morgan fingerprint density at radius 2 is 1.18 bits per heavy atom. The third-order valence-corrected chi connectivity index (χ3v) is 4.41. The zero-order valence-corrected chi connectivity index (χ0v) is 13.2. The van der Waals surface area contributed by atoms with Crippen molar-refractivity contribution < 1.29 is 0 Å². The van der Waals surface area contributed by atoms with Gasteiger partial charge in [-0.05, 0) is 28.3 Å². The summed E-state index contributed by atoms with van der Waals surface area (Å²) in [4.78, 5) is 0. The van der Waals surface area contributed by atoms with Gasteiger partial charge in [0.1, 0.15) is 0 Å². The van der Waals surface area contributed by atoms with Gasteiger partial charge in [-0.15, -0.1) is 0 Å². The van der Waals surface area contributed by atoms with E-state index < -0.39 is 0 Å². The molecule has 0 aliphatic heterocycles. The highest BCUT2D eigenvalue weighted by molar-refractivity contribution is 5.38. The summed E-state index contributed by atoms with van der Waals surface area (Å²) >= 11 is 0. The molecule has 2 atom stereocenters. The Kier molecular flexibility index (Phi) is 4.39. The smallest absolute Gasteiger partial charge is 0.00672 e. The standard InChI is InChI=1S/C22H21/c1-17(19-10-5-3-6-11-19)21-14-9-15-22(16-21)18(2)20-12-7-4-8-13-20/h3-14,16-18H,1-2H3. The van der Waals surface area contributed by atoms with Crippen LogP contribution in [0.15, 0.2) is 78.9 Å². The van der Waals surface area contributed by atoms with Crippen molar-refractivity contribution in [3.63, 3.8) is 0 Å². The number of benzene rings is 3. The summed E-state index contributed by atoms with van der Waals surface area (Å²) in [7, 11) is 0. The fourth-order valence-electron chi connectivity index (χ4n) is 2.88. The maximum absolute atomic E-state index is 3.41. The molecule has 0 N–H and O–H groups in total. The molecule has 0 aliphatic carbocycles. The van der Waals surface area contributed by atoms with E-state index in [9.17, 15) is 0 Å². The van der Waals surface area contributed by atoms with Gasteiger partial charge in [-0.25, -0.2) is 0 Å². The number of rotatable bonds is 4. The molecular formula is C22H21. The molecule has 0 aliphatic rings. The van der Waals surface area contributed by atoms with Crippen LogP contribution in [-0.2, 0) is 0 Å². The van der Waals surface area contributed by atoms with E-state index in [-0.39, 0.29) is 0 Å². The highest BCUT2D eigenvalue weighted by atomic mass is 14.2. The summed E-state index contributed by atoms with van der Waals surface area (Å²) < 4.78 is 0. The van der Waals surface area contributed by atoms with Gasteiger partial charge in [-0.1, -0.05) is 92.7 Å². The lowest BCUT2D eigenvalue weighted by molar-refractivity contribution is 0.885. The molecule has 1 radical (unpaired) electrons. The topological polar surface area (TPSA) is 0 Å². The number of hydrogen-bond donors (Lipinski definition) is 0. The summed E-state index contributed by atoms with van der Waals surface area (Å²) in [6, 6.07) is 31.3. The quantitative estimate of drug-likeness (QED) is 0.569. The van der Waals surface area contributed by atoms with Crippen molar-refractivity contribution in [2.45, 2.75) is 25.7 Å². The first-order valence-electron chi connectivity index (χ1n) is 7.87. The molecule has 0 fully saturated rings. The van der Waals surface area contributed by atoms with E-state index in [4.69, 9.17) is 0 Å². The van der Waals surface area contributed by atoms with Crippen LogP contribution < -0.4 is 0 Å². The lowest BCUT2D eigenvalue weighted by Gasteiger charge is -2.17. The van der Waals surface area contributed by atoms with Crippen LogP contribution in [0.3, 0.4) is 0 Å². The predicted molar refractivity (Wildman–Crippen MR) is 93.2 cm³/mol. The van der Waals surface area contributed by atoms with E-state index in [2.05, 4.69) is 98.8 Å². The highest BCUT2D eigenvalue weighted by Crippen LogP contribution is 2.29. The van der Waals surface area contributed by atoms with Crippen LogP contribution >= 0.6 is 0 Å². The monoisotopic (exact) mass is 285 g/mol. The summed E-state index contributed by atoms with van der Waals surface area (Å²) in [5, 5.41) is 0. The molecule has 109 valence electrons. The summed E-state index contributed by atoms with van der Waals surface area (Å²) in [5.74, 6) is 0.765. The van der Waals surface area contributed by atoms with Crippen LogP contribution in [0.2, 0.25) is 0 Å². The molecule has 0 saturated heterocycles. The first-order chi connectivity index (χ1) is 10.8. The minimum atomic E-state index is 0.365. The van der Waals surface area contributed by atoms with E-state index in [1.807, 2.05) is 0 Å². The summed E-state index contributed by atoms with van der Waals surface area (Å²) in [5.41, 5.74) is 5.30. The van der Waals surface area contributed by atoms with E-state index in [1.165, 1.54) is 22.3 Å². The molecule has 0 spiro atoms. The Labute approximate surface area is 133 Å². The van der Waals surface area contributed by atoms with Gasteiger partial charge < -0.3 is 0 Å². The van der Waals surface area contributed by atoms with Crippen molar-refractivity contribution in [1.29, 1.82) is 0 Å². The lowest BCUT2D eigenvalue weighted by Crippen LogP contribution is -2.00. The van der Waals surface area contributed by atoms with Gasteiger partial charge in [0, 0.05) is 11.8 Å². The largest absolute Gasteiger partial charge is 0.0622 e. The Morgan fingerprint density at radius 3 is 1.77 bits per heavy atom. The van der Waals surface area contributed by atoms with Crippen molar-refractivity contribution >= 4 is 0 Å². The molecular weight excluding hydrogens is 264 g/mol. The van der Waals surface area contributed by atoms with Crippen molar-refractivity contribution in [3.8, 4) is 0 Å². The molecule has 0 saturated carbocycles.